The summed E-state index contributed by atoms with van der Waals surface area (Å²) in [6, 6.07) is 13.1. The highest BCUT2D eigenvalue weighted by molar-refractivity contribution is 8.26. The zero-order valence-corrected chi connectivity index (χ0v) is 20.8. The Morgan fingerprint density at radius 3 is 2.68 bits per heavy atom. The number of thiocarbonyl (C=S) groups is 1. The molecule has 0 radical (unpaired) electrons. The molecule has 2 aromatic heterocycles. The van der Waals surface area contributed by atoms with Crippen LogP contribution < -0.4 is 10.9 Å². The van der Waals surface area contributed by atoms with Crippen molar-refractivity contribution < 1.29 is 4.79 Å². The van der Waals surface area contributed by atoms with Gasteiger partial charge >= 0.3 is 0 Å². The van der Waals surface area contributed by atoms with Crippen molar-refractivity contribution in [3.8, 4) is 0 Å². The minimum Gasteiger partial charge on any atom is -0.367 e. The third-order valence-corrected chi connectivity index (χ3v) is 7.90. The van der Waals surface area contributed by atoms with Crippen molar-refractivity contribution in [2.75, 3.05) is 5.32 Å². The van der Waals surface area contributed by atoms with Crippen LogP contribution in [-0.4, -0.2) is 30.6 Å². The second-order valence-electron chi connectivity index (χ2n) is 8.45. The average Bonchev–Trinajstić information content (AvgIpc) is 3.11. The van der Waals surface area contributed by atoms with Crippen LogP contribution in [0.1, 0.15) is 43.2 Å². The fourth-order valence-electron chi connectivity index (χ4n) is 4.35. The molecule has 1 aromatic carbocycles. The van der Waals surface area contributed by atoms with E-state index in [1.54, 1.807) is 30.5 Å². The van der Waals surface area contributed by atoms with E-state index in [0.717, 1.165) is 31.2 Å². The van der Waals surface area contributed by atoms with Gasteiger partial charge in [0.1, 0.15) is 15.8 Å². The Labute approximate surface area is 212 Å². The summed E-state index contributed by atoms with van der Waals surface area (Å²) in [5, 5.41) is 4.07. The topological polar surface area (TPSA) is 66.7 Å². The van der Waals surface area contributed by atoms with Gasteiger partial charge in [0.2, 0.25) is 0 Å². The minimum atomic E-state index is -0.240. The number of nitrogens with one attached hydrogen (secondary N) is 1. The summed E-state index contributed by atoms with van der Waals surface area (Å²) in [7, 11) is 0. The number of nitrogens with zero attached hydrogens (tertiary/aromatic N) is 3. The first-order valence-electron chi connectivity index (χ1n) is 11.3. The Hall–Kier alpha value is -2.68. The molecule has 1 amide bonds. The minimum absolute atomic E-state index is 0.222. The van der Waals surface area contributed by atoms with Crippen molar-refractivity contribution in [1.29, 1.82) is 0 Å². The number of pyridine rings is 1. The highest BCUT2D eigenvalue weighted by atomic mass is 35.5. The van der Waals surface area contributed by atoms with Gasteiger partial charge in [0.25, 0.3) is 11.5 Å². The molecular weight excluding hydrogens is 488 g/mol. The second-order valence-corrected chi connectivity index (χ2v) is 10.5. The number of hydrogen-bond acceptors (Lipinski definition) is 6. The van der Waals surface area contributed by atoms with Gasteiger partial charge in [-0.3, -0.25) is 18.9 Å². The van der Waals surface area contributed by atoms with E-state index in [2.05, 4.69) is 5.32 Å². The molecule has 0 atom stereocenters. The maximum absolute atomic E-state index is 13.4. The summed E-state index contributed by atoms with van der Waals surface area (Å²) in [6.45, 7) is 0.282. The van der Waals surface area contributed by atoms with Crippen LogP contribution >= 0.6 is 35.6 Å². The number of amides is 1. The van der Waals surface area contributed by atoms with E-state index in [1.165, 1.54) is 27.5 Å². The summed E-state index contributed by atoms with van der Waals surface area (Å²) in [6.07, 6.45) is 8.93. The first-order valence-corrected chi connectivity index (χ1v) is 12.9. The Bertz CT molecular complexity index is 1360. The van der Waals surface area contributed by atoms with Crippen LogP contribution in [0.15, 0.2) is 58.4 Å². The molecule has 1 N–H and O–H groups in total. The van der Waals surface area contributed by atoms with Gasteiger partial charge in [0.15, 0.2) is 0 Å². The molecule has 1 saturated heterocycles. The van der Waals surface area contributed by atoms with Crippen LogP contribution in [0.2, 0.25) is 5.02 Å². The number of thioether (sulfide) groups is 1. The van der Waals surface area contributed by atoms with E-state index in [0.29, 0.717) is 31.3 Å². The molecular formula is C25H23ClN4O2S2. The average molecular weight is 511 g/mol. The largest absolute Gasteiger partial charge is 0.367 e. The van der Waals surface area contributed by atoms with Gasteiger partial charge in [0.05, 0.1) is 17.0 Å². The van der Waals surface area contributed by atoms with Gasteiger partial charge in [-0.1, -0.05) is 79.1 Å². The fourth-order valence-corrected chi connectivity index (χ4v) is 5.78. The van der Waals surface area contributed by atoms with Gasteiger partial charge in [-0.25, -0.2) is 4.98 Å². The normalized spacial score (nSPS) is 18.3. The van der Waals surface area contributed by atoms with Crippen LogP contribution in [-0.2, 0) is 11.3 Å². The number of halogens is 1. The Balaban J connectivity index is 1.52. The van der Waals surface area contributed by atoms with E-state index in [1.807, 2.05) is 24.3 Å². The van der Waals surface area contributed by atoms with Gasteiger partial charge in [-0.2, -0.15) is 0 Å². The molecule has 0 spiro atoms. The molecule has 2 fully saturated rings. The van der Waals surface area contributed by atoms with E-state index in [4.69, 9.17) is 28.8 Å². The maximum atomic E-state index is 13.4. The summed E-state index contributed by atoms with van der Waals surface area (Å²) in [5.41, 5.74) is 1.52. The molecule has 2 aliphatic rings. The zero-order valence-electron chi connectivity index (χ0n) is 18.4. The molecule has 6 nitrogen and oxygen atoms in total. The van der Waals surface area contributed by atoms with Crippen LogP contribution in [0, 0.1) is 0 Å². The number of benzene rings is 1. The van der Waals surface area contributed by atoms with E-state index in [-0.39, 0.29) is 24.1 Å². The predicted molar refractivity (Wildman–Crippen MR) is 142 cm³/mol. The van der Waals surface area contributed by atoms with Crippen LogP contribution in [0.5, 0.6) is 0 Å². The van der Waals surface area contributed by atoms with Crippen molar-refractivity contribution in [1.82, 2.24) is 14.3 Å². The van der Waals surface area contributed by atoms with Crippen molar-refractivity contribution in [3.05, 3.63) is 80.1 Å². The lowest BCUT2D eigenvalue weighted by Gasteiger charge is -2.24. The SMILES string of the molecule is O=C1/C(=C\c2c(NC3CCCCC3)nc3ccccn3c2=O)SC(=S)N1Cc1ccccc1Cl. The number of carbonyl (C=O) groups excluding carboxylic acids is 1. The van der Waals surface area contributed by atoms with E-state index < -0.39 is 0 Å². The third kappa shape index (κ3) is 4.62. The Morgan fingerprint density at radius 2 is 1.88 bits per heavy atom. The first-order chi connectivity index (χ1) is 16.5. The third-order valence-electron chi connectivity index (χ3n) is 6.15. The van der Waals surface area contributed by atoms with Gasteiger partial charge in [-0.05, 0) is 42.7 Å². The molecule has 34 heavy (non-hydrogen) atoms. The summed E-state index contributed by atoms with van der Waals surface area (Å²) < 4.78 is 1.94. The lowest BCUT2D eigenvalue weighted by Crippen LogP contribution is -2.28. The molecule has 9 heteroatoms. The molecule has 1 aliphatic heterocycles. The number of hydrogen-bond donors (Lipinski definition) is 1. The molecule has 5 rings (SSSR count). The molecule has 3 aromatic rings. The van der Waals surface area contributed by atoms with Crippen molar-refractivity contribution in [2.24, 2.45) is 0 Å². The molecule has 1 saturated carbocycles. The Kier molecular flexibility index (Phi) is 6.72. The second kappa shape index (κ2) is 9.90. The van der Waals surface area contributed by atoms with Crippen LogP contribution in [0.3, 0.4) is 0 Å². The number of aromatic nitrogens is 2. The molecule has 1 aliphatic carbocycles. The van der Waals surface area contributed by atoms with Crippen molar-refractivity contribution in [3.63, 3.8) is 0 Å². The summed E-state index contributed by atoms with van der Waals surface area (Å²) >= 11 is 13.0. The number of carbonyl (C=O) groups is 1. The van der Waals surface area contributed by atoms with Gasteiger partial charge in [-0.15, -0.1) is 0 Å². The van der Waals surface area contributed by atoms with Crippen LogP contribution in [0.25, 0.3) is 11.7 Å². The summed E-state index contributed by atoms with van der Waals surface area (Å²) in [5.74, 6) is 0.274. The standard InChI is InChI=1S/C25H23ClN4O2S2/c26-19-11-5-4-8-16(19)15-30-24(32)20(34-25(30)33)14-18-22(27-17-9-2-1-3-10-17)28-21-12-6-7-13-29(21)23(18)31/h4-8,11-14,17,27H,1-3,9-10,15H2/b20-14+. The number of rotatable bonds is 5. The van der Waals surface area contributed by atoms with Gasteiger partial charge < -0.3 is 5.32 Å². The predicted octanol–water partition coefficient (Wildman–Crippen LogP) is 5.49. The highest BCUT2D eigenvalue weighted by Gasteiger charge is 2.33. The monoisotopic (exact) mass is 510 g/mol. The molecule has 3 heterocycles. The van der Waals surface area contributed by atoms with Gasteiger partial charge in [0, 0.05) is 17.3 Å². The molecule has 0 bridgehead atoms. The van der Waals surface area contributed by atoms with Crippen molar-refractivity contribution in [2.45, 2.75) is 44.7 Å². The number of fused-ring (bicyclic) bond motifs is 1. The Morgan fingerprint density at radius 1 is 1.12 bits per heavy atom. The number of anilines is 1. The van der Waals surface area contributed by atoms with Crippen molar-refractivity contribution >= 4 is 63.3 Å². The fraction of sp³-hybridized carbons (Fsp3) is 0.280. The molecule has 0 unspecified atom stereocenters. The zero-order chi connectivity index (χ0) is 23.7. The van der Waals surface area contributed by atoms with E-state index in [9.17, 15) is 9.59 Å². The smallest absolute Gasteiger partial charge is 0.267 e. The molecule has 174 valence electrons. The van der Waals surface area contributed by atoms with Crippen LogP contribution in [0.4, 0.5) is 5.82 Å². The van der Waals surface area contributed by atoms with E-state index >= 15 is 0 Å². The highest BCUT2D eigenvalue weighted by Crippen LogP contribution is 2.35. The quantitative estimate of drug-likeness (QED) is 0.361. The maximum Gasteiger partial charge on any atom is 0.267 e. The first kappa shape index (κ1) is 23.1. The lowest BCUT2D eigenvalue weighted by molar-refractivity contribution is -0.122. The lowest BCUT2D eigenvalue weighted by atomic mass is 9.95. The summed E-state index contributed by atoms with van der Waals surface area (Å²) in [4.78, 5) is 33.4.